The molecule has 26 heavy (non-hydrogen) atoms. The van der Waals surface area contributed by atoms with E-state index in [0.717, 1.165) is 5.56 Å². The van der Waals surface area contributed by atoms with Crippen LogP contribution in [-0.4, -0.2) is 61.9 Å². The van der Waals surface area contributed by atoms with Crippen molar-refractivity contribution in [1.29, 1.82) is 0 Å². The maximum atomic E-state index is 11.8. The molecule has 0 radical (unpaired) electrons. The number of nitrogens with one attached hydrogen (secondary N) is 1. The fourth-order valence-electron chi connectivity index (χ4n) is 3.35. The number of hydrogen-bond acceptors (Lipinski definition) is 8. The predicted octanol–water partition coefficient (Wildman–Crippen LogP) is 0.276. The van der Waals surface area contributed by atoms with E-state index in [9.17, 15) is 26.9 Å². The summed E-state index contributed by atoms with van der Waals surface area (Å²) >= 11 is 0. The van der Waals surface area contributed by atoms with Crippen molar-refractivity contribution in [1.82, 2.24) is 10.4 Å². The summed E-state index contributed by atoms with van der Waals surface area (Å²) in [5, 5.41) is 12.6. The average molecular weight is 403 g/mol. The Labute approximate surface area is 152 Å². The van der Waals surface area contributed by atoms with Gasteiger partial charge in [-0.2, -0.15) is 0 Å². The second kappa shape index (κ2) is 7.22. The Balaban J connectivity index is 1.75. The first-order valence-corrected chi connectivity index (χ1v) is 11.9. The Kier molecular flexibility index (Phi) is 5.33. The van der Waals surface area contributed by atoms with E-state index in [2.05, 4.69) is 5.43 Å². The number of sulfone groups is 2. The summed E-state index contributed by atoms with van der Waals surface area (Å²) in [7, 11) is -6.15. The maximum Gasteiger partial charge on any atom is 0.269 e. The predicted molar refractivity (Wildman–Crippen MR) is 95.9 cm³/mol. The Bertz CT molecular complexity index is 882. The van der Waals surface area contributed by atoms with E-state index in [1.807, 2.05) is 0 Å². The summed E-state index contributed by atoms with van der Waals surface area (Å²) in [5.41, 5.74) is 3.96. The van der Waals surface area contributed by atoms with Crippen molar-refractivity contribution in [3.8, 4) is 0 Å². The summed E-state index contributed by atoms with van der Waals surface area (Å²) in [6.45, 7) is 0.342. The van der Waals surface area contributed by atoms with E-state index in [4.69, 9.17) is 0 Å². The molecule has 144 valence electrons. The smallest absolute Gasteiger partial charge is 0.258 e. The van der Waals surface area contributed by atoms with Gasteiger partial charge in [0.2, 0.25) is 0 Å². The van der Waals surface area contributed by atoms with Crippen LogP contribution in [0.25, 0.3) is 0 Å². The van der Waals surface area contributed by atoms with Gasteiger partial charge in [-0.3, -0.25) is 15.5 Å². The number of nitro benzene ring substituents is 1. The van der Waals surface area contributed by atoms with Gasteiger partial charge in [-0.05, 0) is 18.4 Å². The first-order valence-electron chi connectivity index (χ1n) is 8.30. The van der Waals surface area contributed by atoms with Crippen molar-refractivity contribution in [3.63, 3.8) is 0 Å². The topological polar surface area (TPSA) is 127 Å². The number of rotatable bonds is 6. The summed E-state index contributed by atoms with van der Waals surface area (Å²) in [6, 6.07) is 5.56. The highest BCUT2D eigenvalue weighted by atomic mass is 32.2. The van der Waals surface area contributed by atoms with Gasteiger partial charge in [0.05, 0.1) is 27.9 Å². The highest BCUT2D eigenvalue weighted by Crippen LogP contribution is 2.21. The fraction of sp³-hybridized carbons (Fsp3) is 0.600. The van der Waals surface area contributed by atoms with Gasteiger partial charge in [-0.15, -0.1) is 0 Å². The van der Waals surface area contributed by atoms with E-state index >= 15 is 0 Å². The summed E-state index contributed by atoms with van der Waals surface area (Å²) in [5.74, 6) is 0.285. The van der Waals surface area contributed by atoms with E-state index in [0.29, 0.717) is 19.4 Å². The Hall–Kier alpha value is -1.56. The molecule has 0 aliphatic carbocycles. The number of benzene rings is 1. The van der Waals surface area contributed by atoms with E-state index in [1.54, 1.807) is 17.1 Å². The summed E-state index contributed by atoms with van der Waals surface area (Å²) in [6.07, 6.45) is 0.959. The zero-order chi connectivity index (χ0) is 18.9. The van der Waals surface area contributed by atoms with Gasteiger partial charge in [0, 0.05) is 30.8 Å². The largest absolute Gasteiger partial charge is 0.269 e. The lowest BCUT2D eigenvalue weighted by molar-refractivity contribution is -0.384. The van der Waals surface area contributed by atoms with Gasteiger partial charge in [0.25, 0.3) is 5.69 Å². The first kappa shape index (κ1) is 19.2. The molecule has 2 heterocycles. The minimum absolute atomic E-state index is 0.0152. The average Bonchev–Trinajstić information content (AvgIpc) is 3.08. The standard InChI is InChI=1S/C15H21N3O6S2/c19-18(20)14-3-1-12(2-4-14)9-17(15-6-8-26(23,24)11-15)16-13-5-7-25(21,22)10-13/h1-4,13,15-16H,5-11H2/t13-,15+/m1/s1. The molecule has 2 aliphatic rings. The van der Waals surface area contributed by atoms with Crippen LogP contribution in [0, 0.1) is 10.1 Å². The SMILES string of the molecule is O=[N+]([O-])c1ccc(CN(N[C@@H]2CCS(=O)(=O)C2)[C@H]2CCS(=O)(=O)C2)cc1. The molecule has 0 bridgehead atoms. The van der Waals surface area contributed by atoms with Gasteiger partial charge < -0.3 is 0 Å². The molecule has 0 aromatic heterocycles. The van der Waals surface area contributed by atoms with Crippen molar-refractivity contribution in [2.45, 2.75) is 31.5 Å². The van der Waals surface area contributed by atoms with Crippen LogP contribution in [0.2, 0.25) is 0 Å². The van der Waals surface area contributed by atoms with Crippen LogP contribution in [0.15, 0.2) is 24.3 Å². The normalized spacial score (nSPS) is 27.0. The molecule has 2 saturated heterocycles. The molecular weight excluding hydrogens is 382 g/mol. The quantitative estimate of drug-likeness (QED) is 0.530. The lowest BCUT2D eigenvalue weighted by atomic mass is 10.1. The molecule has 2 fully saturated rings. The number of non-ortho nitro benzene ring substituents is 1. The molecule has 0 unspecified atom stereocenters. The zero-order valence-electron chi connectivity index (χ0n) is 14.1. The van der Waals surface area contributed by atoms with Crippen molar-refractivity contribution < 1.29 is 21.8 Å². The Morgan fingerprint density at radius 3 is 2.15 bits per heavy atom. The highest BCUT2D eigenvalue weighted by molar-refractivity contribution is 7.91. The van der Waals surface area contributed by atoms with Gasteiger partial charge >= 0.3 is 0 Å². The van der Waals surface area contributed by atoms with Crippen LogP contribution in [0.5, 0.6) is 0 Å². The molecule has 1 aromatic carbocycles. The molecule has 3 rings (SSSR count). The minimum Gasteiger partial charge on any atom is -0.258 e. The lowest BCUT2D eigenvalue weighted by Crippen LogP contribution is -2.50. The molecule has 9 nitrogen and oxygen atoms in total. The summed E-state index contributed by atoms with van der Waals surface area (Å²) in [4.78, 5) is 10.3. The third kappa shape index (κ3) is 4.78. The molecule has 1 N–H and O–H groups in total. The van der Waals surface area contributed by atoms with Gasteiger partial charge in [0.15, 0.2) is 19.7 Å². The zero-order valence-corrected chi connectivity index (χ0v) is 15.7. The van der Waals surface area contributed by atoms with Crippen molar-refractivity contribution in [3.05, 3.63) is 39.9 Å². The van der Waals surface area contributed by atoms with Gasteiger partial charge in [0.1, 0.15) is 0 Å². The van der Waals surface area contributed by atoms with Crippen molar-refractivity contribution in [2.75, 3.05) is 23.0 Å². The van der Waals surface area contributed by atoms with Crippen LogP contribution in [0.4, 0.5) is 5.69 Å². The van der Waals surface area contributed by atoms with Crippen LogP contribution in [0.3, 0.4) is 0 Å². The van der Waals surface area contributed by atoms with Crippen LogP contribution >= 0.6 is 0 Å². The Morgan fingerprint density at radius 2 is 1.65 bits per heavy atom. The lowest BCUT2D eigenvalue weighted by Gasteiger charge is -2.31. The van der Waals surface area contributed by atoms with Gasteiger partial charge in [-0.1, -0.05) is 12.1 Å². The summed E-state index contributed by atoms with van der Waals surface area (Å²) < 4.78 is 47.0. The molecule has 0 saturated carbocycles. The molecule has 2 atom stereocenters. The molecule has 0 spiro atoms. The van der Waals surface area contributed by atoms with Crippen molar-refractivity contribution >= 4 is 25.4 Å². The van der Waals surface area contributed by atoms with Crippen LogP contribution < -0.4 is 5.43 Å². The molecule has 2 aliphatic heterocycles. The molecule has 0 amide bonds. The molecule has 1 aromatic rings. The highest BCUT2D eigenvalue weighted by Gasteiger charge is 2.35. The third-order valence-corrected chi connectivity index (χ3v) is 8.25. The van der Waals surface area contributed by atoms with E-state index < -0.39 is 24.6 Å². The van der Waals surface area contributed by atoms with Gasteiger partial charge in [-0.25, -0.2) is 21.8 Å². The van der Waals surface area contributed by atoms with E-state index in [1.165, 1.54) is 12.1 Å². The maximum absolute atomic E-state index is 11.8. The third-order valence-electron chi connectivity index (χ3n) is 4.73. The minimum atomic E-state index is -3.10. The van der Waals surface area contributed by atoms with E-state index in [-0.39, 0.29) is 40.8 Å². The molecule has 11 heteroatoms. The molecular formula is C15H21N3O6S2. The first-order chi connectivity index (χ1) is 12.1. The number of hydrazine groups is 1. The van der Waals surface area contributed by atoms with Crippen LogP contribution in [-0.2, 0) is 26.2 Å². The number of nitro groups is 1. The number of nitrogens with zero attached hydrogens (tertiary/aromatic N) is 2. The number of hydrogen-bond donors (Lipinski definition) is 1. The second-order valence-corrected chi connectivity index (χ2v) is 11.3. The van der Waals surface area contributed by atoms with Crippen LogP contribution in [0.1, 0.15) is 18.4 Å². The van der Waals surface area contributed by atoms with Crippen molar-refractivity contribution in [2.24, 2.45) is 0 Å². The monoisotopic (exact) mass is 403 g/mol. The fourth-order valence-corrected chi connectivity index (χ4v) is 6.75. The Morgan fingerprint density at radius 1 is 1.04 bits per heavy atom. The second-order valence-electron chi connectivity index (χ2n) is 6.84.